The minimum atomic E-state index is -0.532. The van der Waals surface area contributed by atoms with E-state index in [4.69, 9.17) is 25.8 Å². The Kier molecular flexibility index (Phi) is 14.8. The van der Waals surface area contributed by atoms with Crippen molar-refractivity contribution < 1.29 is 23.8 Å². The predicted octanol–water partition coefficient (Wildman–Crippen LogP) is 9.06. The van der Waals surface area contributed by atoms with Crippen LogP contribution in [0.15, 0.2) is 42.5 Å². The zero-order valence-electron chi connectivity index (χ0n) is 22.7. The summed E-state index contributed by atoms with van der Waals surface area (Å²) < 4.78 is 16.5. The number of carbonyl (C=O) groups is 2. The summed E-state index contributed by atoms with van der Waals surface area (Å²) in [6, 6.07) is 11.2. The molecule has 0 aliphatic rings. The molecule has 0 spiro atoms. The van der Waals surface area contributed by atoms with E-state index in [-0.39, 0.29) is 0 Å². The number of halogens is 1. The Morgan fingerprint density at radius 3 is 1.97 bits per heavy atom. The van der Waals surface area contributed by atoms with E-state index in [1.165, 1.54) is 51.4 Å². The van der Waals surface area contributed by atoms with Crippen LogP contribution < -0.4 is 9.47 Å². The van der Waals surface area contributed by atoms with Crippen molar-refractivity contribution in [2.24, 2.45) is 5.92 Å². The minimum absolute atomic E-state index is 0.313. The second-order valence-electron chi connectivity index (χ2n) is 9.70. The Bertz CT molecular complexity index is 941. The normalized spacial score (nSPS) is 11.7. The lowest BCUT2D eigenvalue weighted by molar-refractivity contribution is 0.0447. The van der Waals surface area contributed by atoms with Crippen molar-refractivity contribution in [1.29, 1.82) is 0 Å². The molecule has 0 aliphatic heterocycles. The van der Waals surface area contributed by atoms with Gasteiger partial charge in [0, 0.05) is 0 Å². The summed E-state index contributed by atoms with van der Waals surface area (Å²) in [6.45, 7) is 7.31. The minimum Gasteiger partial charge on any atom is -0.492 e. The maximum atomic E-state index is 12.6. The van der Waals surface area contributed by atoms with Crippen LogP contribution in [0.4, 0.5) is 0 Å². The van der Waals surface area contributed by atoms with Gasteiger partial charge >= 0.3 is 11.9 Å². The van der Waals surface area contributed by atoms with Gasteiger partial charge in [-0.15, -0.1) is 0 Å². The smallest absolute Gasteiger partial charge is 0.343 e. The van der Waals surface area contributed by atoms with Crippen LogP contribution in [0.25, 0.3) is 0 Å². The van der Waals surface area contributed by atoms with Crippen LogP contribution in [0.1, 0.15) is 112 Å². The van der Waals surface area contributed by atoms with Gasteiger partial charge in [0.25, 0.3) is 0 Å². The molecular weight excluding hydrogens is 488 g/mol. The van der Waals surface area contributed by atoms with Gasteiger partial charge in [0.05, 0.1) is 29.4 Å². The topological polar surface area (TPSA) is 61.8 Å². The third-order valence-electron chi connectivity index (χ3n) is 6.42. The van der Waals surface area contributed by atoms with Gasteiger partial charge in [0.2, 0.25) is 0 Å². The molecular formula is C31H43ClO5. The molecule has 2 aromatic rings. The first-order valence-electron chi connectivity index (χ1n) is 13.9. The first-order chi connectivity index (χ1) is 17.9. The number of benzene rings is 2. The molecule has 0 unspecified atom stereocenters. The van der Waals surface area contributed by atoms with Crippen molar-refractivity contribution in [1.82, 2.24) is 0 Å². The Balaban J connectivity index is 1.71. The quantitative estimate of drug-likeness (QED) is 0.109. The highest BCUT2D eigenvalue weighted by Gasteiger charge is 2.14. The highest BCUT2D eigenvalue weighted by atomic mass is 35.5. The SMILES string of the molecule is CCCCCCCCCCCCOc1ccc(C(=O)Oc2ccc(C(=O)OC[C@@H](C)CC)cc2)cc1Cl. The van der Waals surface area contributed by atoms with Gasteiger partial charge in [-0.3, -0.25) is 0 Å². The van der Waals surface area contributed by atoms with Crippen molar-refractivity contribution in [2.75, 3.05) is 13.2 Å². The van der Waals surface area contributed by atoms with Gasteiger partial charge in [-0.25, -0.2) is 9.59 Å². The molecule has 2 rings (SSSR count). The number of carbonyl (C=O) groups excluding carboxylic acids is 2. The lowest BCUT2D eigenvalue weighted by atomic mass is 10.1. The second-order valence-corrected chi connectivity index (χ2v) is 10.1. The number of hydrogen-bond acceptors (Lipinski definition) is 5. The maximum absolute atomic E-state index is 12.6. The van der Waals surface area contributed by atoms with Crippen molar-refractivity contribution in [3.63, 3.8) is 0 Å². The van der Waals surface area contributed by atoms with Gasteiger partial charge in [-0.05, 0) is 54.8 Å². The third-order valence-corrected chi connectivity index (χ3v) is 6.71. The van der Waals surface area contributed by atoms with Crippen LogP contribution in [0.5, 0.6) is 11.5 Å². The van der Waals surface area contributed by atoms with Crippen LogP contribution in [-0.2, 0) is 4.74 Å². The Morgan fingerprint density at radius 2 is 1.38 bits per heavy atom. The zero-order chi connectivity index (χ0) is 26.9. The fourth-order valence-corrected chi connectivity index (χ4v) is 4.00. The summed E-state index contributed by atoms with van der Waals surface area (Å²) in [5.74, 6) is 0.288. The average Bonchev–Trinajstić information content (AvgIpc) is 2.91. The molecule has 37 heavy (non-hydrogen) atoms. The summed E-state index contributed by atoms with van der Waals surface area (Å²) in [5, 5.41) is 0.376. The predicted molar refractivity (Wildman–Crippen MR) is 150 cm³/mol. The Labute approximate surface area is 227 Å². The van der Waals surface area contributed by atoms with Crippen LogP contribution >= 0.6 is 11.6 Å². The third kappa shape index (κ3) is 12.0. The van der Waals surface area contributed by atoms with Crippen molar-refractivity contribution >= 4 is 23.5 Å². The molecule has 0 aromatic heterocycles. The van der Waals surface area contributed by atoms with Gasteiger partial charge in [-0.2, -0.15) is 0 Å². The Morgan fingerprint density at radius 1 is 0.784 bits per heavy atom. The molecule has 0 fully saturated rings. The molecule has 6 heteroatoms. The lowest BCUT2D eigenvalue weighted by Gasteiger charge is -2.11. The highest BCUT2D eigenvalue weighted by molar-refractivity contribution is 6.32. The second kappa shape index (κ2) is 17.8. The van der Waals surface area contributed by atoms with E-state index in [1.54, 1.807) is 42.5 Å². The first-order valence-corrected chi connectivity index (χ1v) is 14.2. The van der Waals surface area contributed by atoms with Crippen LogP contribution in [-0.4, -0.2) is 25.2 Å². The average molecular weight is 531 g/mol. The number of hydrogen-bond donors (Lipinski definition) is 0. The molecule has 0 saturated carbocycles. The van der Waals surface area contributed by atoms with Gasteiger partial charge in [0.15, 0.2) is 0 Å². The first kappa shape index (κ1) is 30.7. The molecule has 0 amide bonds. The maximum Gasteiger partial charge on any atom is 0.343 e. The van der Waals surface area contributed by atoms with Crippen molar-refractivity contribution in [2.45, 2.75) is 91.4 Å². The van der Waals surface area contributed by atoms with E-state index in [0.717, 1.165) is 19.3 Å². The summed E-state index contributed by atoms with van der Waals surface area (Å²) in [4.78, 5) is 24.7. The van der Waals surface area contributed by atoms with E-state index in [9.17, 15) is 9.59 Å². The number of unbranched alkanes of at least 4 members (excludes halogenated alkanes) is 9. The standard InChI is InChI=1S/C31H43ClO5/c1-4-6-7-8-9-10-11-12-13-14-21-35-29-20-17-26(22-28(29)32)31(34)37-27-18-15-25(16-19-27)30(33)36-23-24(3)5-2/h15-20,22,24H,4-14,21,23H2,1-3H3/t24-/m0/s1. The molecule has 204 valence electrons. The number of ether oxygens (including phenoxy) is 3. The van der Waals surface area contributed by atoms with Gasteiger partial charge in [-0.1, -0.05) is 96.6 Å². The molecule has 0 aliphatic carbocycles. The number of esters is 2. The van der Waals surface area contributed by atoms with E-state index < -0.39 is 11.9 Å². The van der Waals surface area contributed by atoms with Gasteiger partial charge in [0.1, 0.15) is 11.5 Å². The van der Waals surface area contributed by atoms with Crippen LogP contribution in [0.3, 0.4) is 0 Å². The fraction of sp³-hybridized carbons (Fsp3) is 0.548. The molecule has 2 aromatic carbocycles. The fourth-order valence-electron chi connectivity index (χ4n) is 3.76. The van der Waals surface area contributed by atoms with Crippen molar-refractivity contribution in [3.8, 4) is 11.5 Å². The molecule has 0 bridgehead atoms. The number of rotatable bonds is 18. The lowest BCUT2D eigenvalue weighted by Crippen LogP contribution is -2.12. The largest absolute Gasteiger partial charge is 0.492 e. The zero-order valence-corrected chi connectivity index (χ0v) is 23.5. The summed E-state index contributed by atoms with van der Waals surface area (Å²) in [7, 11) is 0. The summed E-state index contributed by atoms with van der Waals surface area (Å²) in [6.07, 6.45) is 13.6. The van der Waals surface area contributed by atoms with Crippen molar-refractivity contribution in [3.05, 3.63) is 58.6 Å². The van der Waals surface area contributed by atoms with E-state index in [0.29, 0.717) is 46.8 Å². The van der Waals surface area contributed by atoms with E-state index in [2.05, 4.69) is 13.8 Å². The highest BCUT2D eigenvalue weighted by Crippen LogP contribution is 2.27. The van der Waals surface area contributed by atoms with Crippen LogP contribution in [0.2, 0.25) is 5.02 Å². The molecule has 5 nitrogen and oxygen atoms in total. The van der Waals surface area contributed by atoms with E-state index >= 15 is 0 Å². The monoisotopic (exact) mass is 530 g/mol. The van der Waals surface area contributed by atoms with Gasteiger partial charge < -0.3 is 14.2 Å². The summed E-state index contributed by atoms with van der Waals surface area (Å²) >= 11 is 6.34. The van der Waals surface area contributed by atoms with E-state index in [1.807, 2.05) is 6.92 Å². The molecule has 0 heterocycles. The molecule has 0 saturated heterocycles. The summed E-state index contributed by atoms with van der Waals surface area (Å²) in [5.41, 5.74) is 0.739. The Hall–Kier alpha value is -2.53. The molecule has 0 radical (unpaired) electrons. The molecule has 1 atom stereocenters. The van der Waals surface area contributed by atoms with Crippen LogP contribution in [0, 0.1) is 5.92 Å². The molecule has 0 N–H and O–H groups in total.